The molecule has 0 spiro atoms. The van der Waals surface area contributed by atoms with Gasteiger partial charge in [0.15, 0.2) is 0 Å². The molecule has 1 saturated heterocycles. The lowest BCUT2D eigenvalue weighted by Gasteiger charge is -2.39. The summed E-state index contributed by atoms with van der Waals surface area (Å²) in [6.45, 7) is 7.40. The predicted octanol–water partition coefficient (Wildman–Crippen LogP) is 2.52. The average Bonchev–Trinajstić information content (AvgIpc) is 3.08. The maximum atomic E-state index is 13.5. The number of benzene rings is 1. The zero-order valence-corrected chi connectivity index (χ0v) is 18.4. The highest BCUT2D eigenvalue weighted by Gasteiger charge is 2.68. The van der Waals surface area contributed by atoms with E-state index < -0.39 is 41.3 Å². The Bertz CT molecular complexity index is 871. The molecule has 0 bridgehead atoms. The lowest BCUT2D eigenvalue weighted by atomic mass is 9.75. The van der Waals surface area contributed by atoms with Crippen molar-refractivity contribution in [3.63, 3.8) is 0 Å². The number of carbonyl (C=O) groups is 3. The van der Waals surface area contributed by atoms with E-state index >= 15 is 0 Å². The van der Waals surface area contributed by atoms with E-state index in [9.17, 15) is 14.4 Å². The van der Waals surface area contributed by atoms with Gasteiger partial charge in [0, 0.05) is 0 Å². The summed E-state index contributed by atoms with van der Waals surface area (Å²) in [6, 6.07) is 8.54. The molecule has 0 aromatic heterocycles. The van der Waals surface area contributed by atoms with Gasteiger partial charge >= 0.3 is 17.9 Å². The minimum atomic E-state index is -1.53. The van der Waals surface area contributed by atoms with E-state index in [2.05, 4.69) is 18.4 Å². The summed E-state index contributed by atoms with van der Waals surface area (Å²) >= 11 is 0. The zero-order valence-electron chi connectivity index (χ0n) is 18.4. The number of ether oxygens (including phenoxy) is 3. The molecule has 0 aliphatic carbocycles. The molecule has 0 amide bonds. The molecule has 2 rings (SSSR count). The summed E-state index contributed by atoms with van der Waals surface area (Å²) in [6.07, 6.45) is 1.61. The fourth-order valence-corrected chi connectivity index (χ4v) is 4.46. The molecule has 4 atom stereocenters. The van der Waals surface area contributed by atoms with Crippen LogP contribution in [0.1, 0.15) is 31.9 Å². The van der Waals surface area contributed by atoms with Gasteiger partial charge in [-0.1, -0.05) is 42.3 Å². The number of methoxy groups -OCH3 is 2. The fourth-order valence-electron chi connectivity index (χ4n) is 4.46. The average molecular weight is 427 g/mol. The maximum absolute atomic E-state index is 13.5. The molecule has 31 heavy (non-hydrogen) atoms. The first kappa shape index (κ1) is 24.2. The van der Waals surface area contributed by atoms with Gasteiger partial charge in [-0.15, -0.1) is 12.5 Å². The van der Waals surface area contributed by atoms with E-state index in [4.69, 9.17) is 14.2 Å². The highest BCUT2D eigenvalue weighted by atomic mass is 16.5. The van der Waals surface area contributed by atoms with Crippen molar-refractivity contribution in [2.75, 3.05) is 27.4 Å². The van der Waals surface area contributed by atoms with Crippen molar-refractivity contribution in [1.29, 1.82) is 0 Å². The Balaban J connectivity index is 2.90. The Morgan fingerprint density at radius 1 is 1.16 bits per heavy atom. The maximum Gasteiger partial charge on any atom is 0.327 e. The van der Waals surface area contributed by atoms with E-state index in [0.29, 0.717) is 0 Å². The van der Waals surface area contributed by atoms with Crippen molar-refractivity contribution in [1.82, 2.24) is 4.90 Å². The molecule has 1 aromatic rings. The minimum Gasteiger partial charge on any atom is -0.469 e. The van der Waals surface area contributed by atoms with Crippen LogP contribution in [0.4, 0.5) is 0 Å². The molecule has 7 heteroatoms. The standard InChI is InChI=1S/C24H29NO6/c1-6-9-16-25-20(17-13-11-10-12-14-17)18(21(26)29-4)19(22(27)30-5)24(25,15-7-2)23(28)31-8-3/h7,10-14,18-20H,2,8,15-16H2,1,3-5H3/t18-,19-,20-,24-/m1/s1. The third-order valence-electron chi connectivity index (χ3n) is 5.64. The highest BCUT2D eigenvalue weighted by Crippen LogP contribution is 2.53. The van der Waals surface area contributed by atoms with Crippen LogP contribution in [-0.4, -0.2) is 55.7 Å². The molecule has 1 aromatic carbocycles. The Morgan fingerprint density at radius 3 is 2.32 bits per heavy atom. The fraction of sp³-hybridized carbons (Fsp3) is 0.458. The molecule has 0 N–H and O–H groups in total. The molecule has 0 unspecified atom stereocenters. The first-order valence-electron chi connectivity index (χ1n) is 10.1. The van der Waals surface area contributed by atoms with Crippen LogP contribution in [-0.2, 0) is 28.6 Å². The number of likely N-dealkylation sites (tertiary alicyclic amines) is 1. The summed E-state index contributed by atoms with van der Waals surface area (Å²) in [4.78, 5) is 41.4. The molecule has 0 saturated carbocycles. The molecule has 7 nitrogen and oxygen atoms in total. The summed E-state index contributed by atoms with van der Waals surface area (Å²) in [5, 5.41) is 0. The molecule has 0 radical (unpaired) electrons. The van der Waals surface area contributed by atoms with E-state index in [0.717, 1.165) is 5.56 Å². The first-order valence-corrected chi connectivity index (χ1v) is 10.1. The highest BCUT2D eigenvalue weighted by molar-refractivity contribution is 5.94. The SMILES string of the molecule is C=CC[C@]1(C(=O)OCC)[C@@H](C(=O)OC)[C@@H](C(=O)OC)[C@@H](c2ccccc2)N1CC#CC. The van der Waals surface area contributed by atoms with Gasteiger partial charge in [-0.25, -0.2) is 4.79 Å². The van der Waals surface area contributed by atoms with Crippen molar-refractivity contribution in [2.24, 2.45) is 11.8 Å². The van der Waals surface area contributed by atoms with Crippen LogP contribution in [0.15, 0.2) is 43.0 Å². The third kappa shape index (κ3) is 4.35. The topological polar surface area (TPSA) is 82.1 Å². The van der Waals surface area contributed by atoms with E-state index in [-0.39, 0.29) is 19.6 Å². The number of carbonyl (C=O) groups excluding carboxylic acids is 3. The second kappa shape index (κ2) is 10.8. The normalized spacial score (nSPS) is 25.1. The van der Waals surface area contributed by atoms with Crippen LogP contribution < -0.4 is 0 Å². The van der Waals surface area contributed by atoms with Gasteiger partial charge in [-0.3, -0.25) is 14.5 Å². The van der Waals surface area contributed by atoms with Crippen LogP contribution in [0, 0.1) is 23.7 Å². The van der Waals surface area contributed by atoms with Crippen molar-refractivity contribution in [3.8, 4) is 11.8 Å². The van der Waals surface area contributed by atoms with Crippen LogP contribution in [0.5, 0.6) is 0 Å². The Morgan fingerprint density at radius 2 is 1.81 bits per heavy atom. The molecule has 1 heterocycles. The third-order valence-corrected chi connectivity index (χ3v) is 5.64. The molecule has 1 aliphatic heterocycles. The Labute approximate surface area is 183 Å². The smallest absolute Gasteiger partial charge is 0.327 e. The van der Waals surface area contributed by atoms with Gasteiger partial charge in [-0.05, 0) is 25.8 Å². The number of hydrogen-bond acceptors (Lipinski definition) is 7. The molecular formula is C24H29NO6. The van der Waals surface area contributed by atoms with Crippen LogP contribution >= 0.6 is 0 Å². The zero-order chi connectivity index (χ0) is 23.0. The number of rotatable bonds is 8. The second-order valence-electron chi connectivity index (χ2n) is 7.10. The first-order chi connectivity index (χ1) is 14.9. The monoisotopic (exact) mass is 427 g/mol. The molecular weight excluding hydrogens is 398 g/mol. The van der Waals surface area contributed by atoms with Gasteiger partial charge in [0.2, 0.25) is 0 Å². The molecule has 1 aliphatic rings. The van der Waals surface area contributed by atoms with Gasteiger partial charge < -0.3 is 14.2 Å². The van der Waals surface area contributed by atoms with Crippen molar-refractivity contribution in [3.05, 3.63) is 48.6 Å². The van der Waals surface area contributed by atoms with Gasteiger partial charge in [0.1, 0.15) is 11.5 Å². The van der Waals surface area contributed by atoms with E-state index in [1.807, 2.05) is 30.3 Å². The van der Waals surface area contributed by atoms with Gasteiger partial charge in [0.05, 0.1) is 39.3 Å². The number of esters is 3. The largest absolute Gasteiger partial charge is 0.469 e. The Kier molecular flexibility index (Phi) is 8.40. The lowest BCUT2D eigenvalue weighted by Crippen LogP contribution is -2.57. The van der Waals surface area contributed by atoms with E-state index in [1.165, 1.54) is 14.2 Å². The number of nitrogens with zero attached hydrogens (tertiary/aromatic N) is 1. The van der Waals surface area contributed by atoms with Crippen molar-refractivity contribution >= 4 is 17.9 Å². The molecule has 1 fully saturated rings. The quantitative estimate of drug-likeness (QED) is 0.273. The van der Waals surface area contributed by atoms with Crippen LogP contribution in [0.2, 0.25) is 0 Å². The molecule has 166 valence electrons. The van der Waals surface area contributed by atoms with E-state index in [1.54, 1.807) is 24.8 Å². The second-order valence-corrected chi connectivity index (χ2v) is 7.10. The lowest BCUT2D eigenvalue weighted by molar-refractivity contribution is -0.168. The van der Waals surface area contributed by atoms with Crippen molar-refractivity contribution < 1.29 is 28.6 Å². The predicted molar refractivity (Wildman–Crippen MR) is 115 cm³/mol. The van der Waals surface area contributed by atoms with Gasteiger partial charge in [0.25, 0.3) is 0 Å². The number of hydrogen-bond donors (Lipinski definition) is 0. The van der Waals surface area contributed by atoms with Crippen molar-refractivity contribution in [2.45, 2.75) is 31.8 Å². The summed E-state index contributed by atoms with van der Waals surface area (Å²) in [7, 11) is 2.49. The summed E-state index contributed by atoms with van der Waals surface area (Å²) in [5.41, 5.74) is -0.784. The van der Waals surface area contributed by atoms with Crippen LogP contribution in [0.25, 0.3) is 0 Å². The summed E-state index contributed by atoms with van der Waals surface area (Å²) in [5.74, 6) is 1.69. The summed E-state index contributed by atoms with van der Waals surface area (Å²) < 4.78 is 15.6. The van der Waals surface area contributed by atoms with Gasteiger partial charge in [-0.2, -0.15) is 0 Å². The minimum absolute atomic E-state index is 0.0633. The Hall–Kier alpha value is -3.11. The van der Waals surface area contributed by atoms with Crippen LogP contribution in [0.3, 0.4) is 0 Å².